The Morgan fingerprint density at radius 3 is 2.50 bits per heavy atom. The van der Waals surface area contributed by atoms with Crippen LogP contribution in [0, 0.1) is 5.41 Å². The minimum absolute atomic E-state index is 0.163. The minimum Gasteiger partial charge on any atom is -0.468 e. The number of carbonyl (C=O) groups excluding carboxylic acids is 1. The van der Waals surface area contributed by atoms with Crippen molar-refractivity contribution in [3.05, 3.63) is 0 Å². The molecular weight excluding hydrogens is 198 g/mol. The van der Waals surface area contributed by atoms with Crippen molar-refractivity contribution in [1.82, 2.24) is 5.32 Å². The largest absolute Gasteiger partial charge is 0.468 e. The number of carbonyl (C=O) groups is 1. The fourth-order valence-electron chi connectivity index (χ4n) is 1.43. The summed E-state index contributed by atoms with van der Waals surface area (Å²) in [5.74, 6) is 0.610. The van der Waals surface area contributed by atoms with E-state index in [1.54, 1.807) is 11.8 Å². The second kappa shape index (κ2) is 3.74. The minimum atomic E-state index is -0.517. The molecule has 0 saturated carbocycles. The molecule has 0 aromatic rings. The summed E-state index contributed by atoms with van der Waals surface area (Å²) in [6.07, 6.45) is 0. The standard InChI is InChI=1S/C10H19NO2S/c1-9(2,3)7-11-10(4,6-14-7)8(12)13-5/h7,11H,6H2,1-5H3/t7?,10-/m0/s1. The average molecular weight is 217 g/mol. The maximum atomic E-state index is 11.5. The molecule has 1 heterocycles. The van der Waals surface area contributed by atoms with Crippen molar-refractivity contribution in [1.29, 1.82) is 0 Å². The Kier molecular flexibility index (Phi) is 3.17. The zero-order valence-corrected chi connectivity index (χ0v) is 10.3. The van der Waals surface area contributed by atoms with Crippen LogP contribution in [0.25, 0.3) is 0 Å². The summed E-state index contributed by atoms with van der Waals surface area (Å²) in [6.45, 7) is 8.40. The van der Waals surface area contributed by atoms with Crippen LogP contribution in [-0.2, 0) is 9.53 Å². The van der Waals surface area contributed by atoms with E-state index < -0.39 is 5.54 Å². The number of esters is 1. The van der Waals surface area contributed by atoms with Gasteiger partial charge in [-0.3, -0.25) is 10.1 Å². The van der Waals surface area contributed by atoms with Crippen molar-refractivity contribution < 1.29 is 9.53 Å². The number of ether oxygens (including phenoxy) is 1. The molecule has 82 valence electrons. The van der Waals surface area contributed by atoms with Gasteiger partial charge in [0.25, 0.3) is 0 Å². The Labute approximate surface area is 90.0 Å². The zero-order valence-electron chi connectivity index (χ0n) is 9.51. The van der Waals surface area contributed by atoms with Crippen molar-refractivity contribution in [2.24, 2.45) is 5.41 Å². The molecule has 0 aromatic carbocycles. The van der Waals surface area contributed by atoms with Crippen molar-refractivity contribution in [2.75, 3.05) is 12.9 Å². The van der Waals surface area contributed by atoms with Crippen LogP contribution < -0.4 is 5.32 Å². The van der Waals surface area contributed by atoms with E-state index in [1.165, 1.54) is 7.11 Å². The number of thioether (sulfide) groups is 1. The molecule has 0 aromatic heterocycles. The van der Waals surface area contributed by atoms with E-state index in [2.05, 4.69) is 26.1 Å². The number of hydrogen-bond donors (Lipinski definition) is 1. The third kappa shape index (κ3) is 2.23. The van der Waals surface area contributed by atoms with Crippen LogP contribution in [0.2, 0.25) is 0 Å². The van der Waals surface area contributed by atoms with Crippen LogP contribution in [0.15, 0.2) is 0 Å². The molecule has 3 nitrogen and oxygen atoms in total. The highest BCUT2D eigenvalue weighted by Gasteiger charge is 2.45. The van der Waals surface area contributed by atoms with Gasteiger partial charge in [-0.05, 0) is 12.3 Å². The van der Waals surface area contributed by atoms with Crippen molar-refractivity contribution in [3.8, 4) is 0 Å². The summed E-state index contributed by atoms with van der Waals surface area (Å²) in [6, 6.07) is 0. The number of nitrogens with one attached hydrogen (secondary N) is 1. The molecule has 0 spiro atoms. The van der Waals surface area contributed by atoms with Crippen LogP contribution in [0.3, 0.4) is 0 Å². The van der Waals surface area contributed by atoms with Crippen molar-refractivity contribution >= 4 is 17.7 Å². The second-order valence-corrected chi connectivity index (χ2v) is 6.12. The summed E-state index contributed by atoms with van der Waals surface area (Å²) in [5.41, 5.74) is -0.353. The van der Waals surface area contributed by atoms with Gasteiger partial charge in [-0.25, -0.2) is 0 Å². The summed E-state index contributed by atoms with van der Waals surface area (Å²) in [7, 11) is 1.43. The van der Waals surface area contributed by atoms with Gasteiger partial charge in [0.15, 0.2) is 0 Å². The highest BCUT2D eigenvalue weighted by Crippen LogP contribution is 2.37. The molecule has 1 fully saturated rings. The van der Waals surface area contributed by atoms with Gasteiger partial charge >= 0.3 is 5.97 Å². The van der Waals surface area contributed by atoms with Crippen molar-refractivity contribution in [3.63, 3.8) is 0 Å². The monoisotopic (exact) mass is 217 g/mol. The number of hydrogen-bond acceptors (Lipinski definition) is 4. The second-order valence-electron chi connectivity index (χ2n) is 5.03. The topological polar surface area (TPSA) is 38.3 Å². The van der Waals surface area contributed by atoms with Crippen LogP contribution in [0.4, 0.5) is 0 Å². The van der Waals surface area contributed by atoms with E-state index in [4.69, 9.17) is 4.74 Å². The van der Waals surface area contributed by atoms with Gasteiger partial charge in [0.1, 0.15) is 5.54 Å². The van der Waals surface area contributed by atoms with Crippen LogP contribution in [-0.4, -0.2) is 29.7 Å². The molecule has 1 saturated heterocycles. The molecule has 1 aliphatic rings. The summed E-state index contributed by atoms with van der Waals surface area (Å²) in [5, 5.41) is 3.66. The molecular formula is C10H19NO2S. The highest BCUT2D eigenvalue weighted by molar-refractivity contribution is 8.00. The molecule has 14 heavy (non-hydrogen) atoms. The molecule has 0 aliphatic carbocycles. The Morgan fingerprint density at radius 1 is 1.57 bits per heavy atom. The number of methoxy groups -OCH3 is 1. The van der Waals surface area contributed by atoms with Gasteiger partial charge in [-0.1, -0.05) is 20.8 Å². The lowest BCUT2D eigenvalue weighted by Gasteiger charge is -2.29. The molecule has 2 atom stereocenters. The van der Waals surface area contributed by atoms with Gasteiger partial charge in [0.2, 0.25) is 0 Å². The average Bonchev–Trinajstić information content (AvgIpc) is 2.47. The molecule has 0 radical (unpaired) electrons. The fourth-order valence-corrected chi connectivity index (χ4v) is 2.98. The quantitative estimate of drug-likeness (QED) is 0.677. The Bertz CT molecular complexity index is 237. The molecule has 0 amide bonds. The van der Waals surface area contributed by atoms with E-state index in [9.17, 15) is 4.79 Å². The van der Waals surface area contributed by atoms with Gasteiger partial charge < -0.3 is 4.74 Å². The summed E-state index contributed by atoms with van der Waals surface area (Å²) < 4.78 is 4.78. The Balaban J connectivity index is 2.69. The Morgan fingerprint density at radius 2 is 2.14 bits per heavy atom. The fraction of sp³-hybridized carbons (Fsp3) is 0.900. The molecule has 1 rings (SSSR count). The smallest absolute Gasteiger partial charge is 0.326 e. The first-order valence-electron chi connectivity index (χ1n) is 4.77. The van der Waals surface area contributed by atoms with E-state index in [0.717, 1.165) is 5.75 Å². The van der Waals surface area contributed by atoms with Gasteiger partial charge in [-0.15, -0.1) is 11.8 Å². The van der Waals surface area contributed by atoms with Crippen LogP contribution in [0.1, 0.15) is 27.7 Å². The first-order valence-corrected chi connectivity index (χ1v) is 5.82. The third-order valence-electron chi connectivity index (χ3n) is 2.41. The van der Waals surface area contributed by atoms with E-state index in [1.807, 2.05) is 6.92 Å². The molecule has 4 heteroatoms. The molecule has 1 aliphatic heterocycles. The van der Waals surface area contributed by atoms with Crippen molar-refractivity contribution in [2.45, 2.75) is 38.6 Å². The normalized spacial score (nSPS) is 33.1. The predicted molar refractivity (Wildman–Crippen MR) is 59.3 cm³/mol. The summed E-state index contributed by atoms with van der Waals surface area (Å²) >= 11 is 1.79. The Hall–Kier alpha value is -0.220. The lowest BCUT2D eigenvalue weighted by Crippen LogP contribution is -2.52. The van der Waals surface area contributed by atoms with Gasteiger partial charge in [0.05, 0.1) is 12.5 Å². The lowest BCUT2D eigenvalue weighted by molar-refractivity contribution is -0.146. The highest BCUT2D eigenvalue weighted by atomic mass is 32.2. The summed E-state index contributed by atoms with van der Waals surface area (Å²) in [4.78, 5) is 11.5. The van der Waals surface area contributed by atoms with E-state index in [-0.39, 0.29) is 11.4 Å². The van der Waals surface area contributed by atoms with Crippen LogP contribution in [0.5, 0.6) is 0 Å². The lowest BCUT2D eigenvalue weighted by atomic mass is 9.94. The maximum Gasteiger partial charge on any atom is 0.326 e. The SMILES string of the molecule is COC(=O)[C@]1(C)CSC(C(C)(C)C)N1. The van der Waals surface area contributed by atoms with Gasteiger partial charge in [0, 0.05) is 5.75 Å². The molecule has 1 N–H and O–H groups in total. The van der Waals surface area contributed by atoms with E-state index in [0.29, 0.717) is 5.37 Å². The van der Waals surface area contributed by atoms with E-state index >= 15 is 0 Å². The first-order chi connectivity index (χ1) is 6.29. The maximum absolute atomic E-state index is 11.5. The zero-order chi connectivity index (χ0) is 11.0. The third-order valence-corrected chi connectivity index (χ3v) is 4.31. The predicted octanol–water partition coefficient (Wildman–Crippen LogP) is 1.63. The van der Waals surface area contributed by atoms with Crippen LogP contribution >= 0.6 is 11.8 Å². The molecule has 0 bridgehead atoms. The molecule has 1 unspecified atom stereocenters. The number of rotatable bonds is 1. The first kappa shape index (κ1) is 11.9. The van der Waals surface area contributed by atoms with Gasteiger partial charge in [-0.2, -0.15) is 0 Å².